The molecule has 128 valence electrons. The fraction of sp³-hybridized carbons (Fsp3) is 0.611. The van der Waals surface area contributed by atoms with E-state index in [2.05, 4.69) is 10.1 Å². The molecule has 1 N–H and O–H groups in total. The summed E-state index contributed by atoms with van der Waals surface area (Å²) in [5.41, 5.74) is 2.86. The standard InChI is InChI=1S/C18H23N3O3/c1-10(2)16-15-13(18(23)21-7-5-12(22)6-8-21)9-14(11-3-4-11)19-17(15)24-20-16/h9-12,22H,3-8H2,1-2H3. The van der Waals surface area contributed by atoms with Gasteiger partial charge in [-0.3, -0.25) is 4.79 Å². The zero-order valence-corrected chi connectivity index (χ0v) is 14.2. The molecule has 1 amide bonds. The first-order valence-corrected chi connectivity index (χ1v) is 8.82. The van der Waals surface area contributed by atoms with Gasteiger partial charge < -0.3 is 14.5 Å². The monoisotopic (exact) mass is 329 g/mol. The van der Waals surface area contributed by atoms with Crippen molar-refractivity contribution < 1.29 is 14.4 Å². The Morgan fingerprint density at radius 3 is 2.62 bits per heavy atom. The van der Waals surface area contributed by atoms with E-state index in [4.69, 9.17) is 4.52 Å². The highest BCUT2D eigenvalue weighted by Gasteiger charge is 2.31. The number of pyridine rings is 1. The quantitative estimate of drug-likeness (QED) is 0.936. The molecule has 0 atom stereocenters. The van der Waals surface area contributed by atoms with Gasteiger partial charge in [0.15, 0.2) is 0 Å². The molecule has 0 unspecified atom stereocenters. The van der Waals surface area contributed by atoms with Gasteiger partial charge >= 0.3 is 0 Å². The van der Waals surface area contributed by atoms with E-state index < -0.39 is 0 Å². The third-order valence-electron chi connectivity index (χ3n) is 5.02. The Balaban J connectivity index is 1.79. The molecule has 2 aromatic rings. The minimum Gasteiger partial charge on any atom is -0.393 e. The number of likely N-dealkylation sites (tertiary alicyclic amines) is 1. The minimum atomic E-state index is -0.296. The number of carbonyl (C=O) groups is 1. The number of fused-ring (bicyclic) bond motifs is 1. The van der Waals surface area contributed by atoms with Crippen molar-refractivity contribution in [3.05, 3.63) is 23.0 Å². The number of carbonyl (C=O) groups excluding carboxylic acids is 1. The van der Waals surface area contributed by atoms with Gasteiger partial charge in [-0.2, -0.15) is 0 Å². The van der Waals surface area contributed by atoms with Crippen LogP contribution in [-0.2, 0) is 0 Å². The summed E-state index contributed by atoms with van der Waals surface area (Å²) < 4.78 is 5.45. The maximum Gasteiger partial charge on any atom is 0.259 e. The molecule has 3 heterocycles. The van der Waals surface area contributed by atoms with Crippen LogP contribution in [0.1, 0.15) is 73.1 Å². The molecule has 2 fully saturated rings. The number of aliphatic hydroxyl groups is 1. The zero-order valence-electron chi connectivity index (χ0n) is 14.2. The predicted molar refractivity (Wildman–Crippen MR) is 89.0 cm³/mol. The average Bonchev–Trinajstić information content (AvgIpc) is 3.33. The van der Waals surface area contributed by atoms with E-state index in [1.165, 1.54) is 0 Å². The van der Waals surface area contributed by atoms with Crippen molar-refractivity contribution in [2.45, 2.75) is 57.5 Å². The summed E-state index contributed by atoms with van der Waals surface area (Å²) in [5.74, 6) is 0.604. The van der Waals surface area contributed by atoms with Crippen LogP contribution in [0.25, 0.3) is 11.1 Å². The molecule has 1 aliphatic carbocycles. The topological polar surface area (TPSA) is 79.5 Å². The van der Waals surface area contributed by atoms with Gasteiger partial charge in [-0.1, -0.05) is 19.0 Å². The molecule has 1 saturated heterocycles. The summed E-state index contributed by atoms with van der Waals surface area (Å²) in [6.07, 6.45) is 3.21. The lowest BCUT2D eigenvalue weighted by Gasteiger charge is -2.30. The van der Waals surface area contributed by atoms with E-state index in [-0.39, 0.29) is 17.9 Å². The minimum absolute atomic E-state index is 0.00120. The fourth-order valence-corrected chi connectivity index (χ4v) is 3.38. The molecule has 2 aliphatic rings. The molecule has 1 saturated carbocycles. The highest BCUT2D eigenvalue weighted by Crippen LogP contribution is 2.41. The third-order valence-corrected chi connectivity index (χ3v) is 5.02. The van der Waals surface area contributed by atoms with Crippen molar-refractivity contribution in [3.63, 3.8) is 0 Å². The largest absolute Gasteiger partial charge is 0.393 e. The van der Waals surface area contributed by atoms with Crippen LogP contribution in [0.5, 0.6) is 0 Å². The summed E-state index contributed by atoms with van der Waals surface area (Å²) in [6, 6.07) is 1.94. The Bertz CT molecular complexity index is 771. The lowest BCUT2D eigenvalue weighted by Crippen LogP contribution is -2.40. The summed E-state index contributed by atoms with van der Waals surface area (Å²) >= 11 is 0. The second-order valence-corrected chi connectivity index (χ2v) is 7.29. The van der Waals surface area contributed by atoms with Crippen molar-refractivity contribution in [2.24, 2.45) is 0 Å². The molecule has 0 spiro atoms. The Labute approximate surface area is 140 Å². The molecule has 0 radical (unpaired) electrons. The maximum atomic E-state index is 13.1. The number of aliphatic hydroxyl groups excluding tert-OH is 1. The Morgan fingerprint density at radius 2 is 2.00 bits per heavy atom. The van der Waals surface area contributed by atoms with Crippen LogP contribution < -0.4 is 0 Å². The molecule has 4 rings (SSSR count). The van der Waals surface area contributed by atoms with Crippen molar-refractivity contribution in [3.8, 4) is 0 Å². The lowest BCUT2D eigenvalue weighted by molar-refractivity contribution is 0.0548. The van der Waals surface area contributed by atoms with Gasteiger partial charge in [0.25, 0.3) is 11.6 Å². The zero-order chi connectivity index (χ0) is 16.8. The third kappa shape index (κ3) is 2.69. The maximum absolute atomic E-state index is 13.1. The number of amides is 1. The Kier molecular flexibility index (Phi) is 3.79. The summed E-state index contributed by atoms with van der Waals surface area (Å²) in [7, 11) is 0. The molecule has 24 heavy (non-hydrogen) atoms. The van der Waals surface area contributed by atoms with E-state index in [1.807, 2.05) is 24.8 Å². The van der Waals surface area contributed by atoms with E-state index in [0.29, 0.717) is 43.1 Å². The molecule has 0 aromatic carbocycles. The van der Waals surface area contributed by atoms with Gasteiger partial charge in [-0.15, -0.1) is 0 Å². The van der Waals surface area contributed by atoms with Gasteiger partial charge in [0.2, 0.25) is 0 Å². The second-order valence-electron chi connectivity index (χ2n) is 7.29. The lowest BCUT2D eigenvalue weighted by atomic mass is 10.00. The molecule has 6 nitrogen and oxygen atoms in total. The normalized spacial score (nSPS) is 19.4. The van der Waals surface area contributed by atoms with Crippen molar-refractivity contribution in [2.75, 3.05) is 13.1 Å². The first-order valence-electron chi connectivity index (χ1n) is 8.82. The van der Waals surface area contributed by atoms with Crippen LogP contribution in [0.4, 0.5) is 0 Å². The van der Waals surface area contributed by atoms with Crippen LogP contribution in [0, 0.1) is 0 Å². The molecule has 2 aromatic heterocycles. The SMILES string of the molecule is CC(C)c1noc2nc(C3CC3)cc(C(=O)N3CCC(O)CC3)c12. The first kappa shape index (κ1) is 15.6. The van der Waals surface area contributed by atoms with E-state index >= 15 is 0 Å². The van der Waals surface area contributed by atoms with E-state index in [9.17, 15) is 9.90 Å². The molecule has 1 aliphatic heterocycles. The van der Waals surface area contributed by atoms with Gasteiger partial charge in [0, 0.05) is 24.7 Å². The number of aromatic nitrogens is 2. The van der Waals surface area contributed by atoms with E-state index in [0.717, 1.165) is 29.6 Å². The smallest absolute Gasteiger partial charge is 0.259 e. The van der Waals surface area contributed by atoms with Crippen molar-refractivity contribution >= 4 is 17.0 Å². The number of piperidine rings is 1. The molecule has 0 bridgehead atoms. The fourth-order valence-electron chi connectivity index (χ4n) is 3.38. The number of hydrogen-bond acceptors (Lipinski definition) is 5. The second kappa shape index (κ2) is 5.84. The van der Waals surface area contributed by atoms with Crippen molar-refractivity contribution in [1.82, 2.24) is 15.0 Å². The van der Waals surface area contributed by atoms with Gasteiger partial charge in [-0.25, -0.2) is 4.98 Å². The molecule has 6 heteroatoms. The van der Waals surface area contributed by atoms with Crippen LogP contribution in [-0.4, -0.2) is 45.2 Å². The van der Waals surface area contributed by atoms with Crippen LogP contribution in [0.15, 0.2) is 10.6 Å². The predicted octanol–water partition coefficient (Wildman–Crippen LogP) is 2.82. The summed E-state index contributed by atoms with van der Waals surface area (Å²) in [4.78, 5) is 19.6. The number of hydrogen-bond donors (Lipinski definition) is 1. The Hall–Kier alpha value is -1.95. The van der Waals surface area contributed by atoms with E-state index in [1.54, 1.807) is 0 Å². The summed E-state index contributed by atoms with van der Waals surface area (Å²) in [6.45, 7) is 5.25. The average molecular weight is 329 g/mol. The van der Waals surface area contributed by atoms with Gasteiger partial charge in [0.1, 0.15) is 0 Å². The highest BCUT2D eigenvalue weighted by molar-refractivity contribution is 6.06. The number of nitrogens with zero attached hydrogens (tertiary/aromatic N) is 3. The summed E-state index contributed by atoms with van der Waals surface area (Å²) in [5, 5.41) is 14.6. The van der Waals surface area contributed by atoms with Crippen LogP contribution >= 0.6 is 0 Å². The molecular weight excluding hydrogens is 306 g/mol. The van der Waals surface area contributed by atoms with Crippen molar-refractivity contribution in [1.29, 1.82) is 0 Å². The molecular formula is C18H23N3O3. The van der Waals surface area contributed by atoms with Crippen LogP contribution in [0.3, 0.4) is 0 Å². The van der Waals surface area contributed by atoms with Gasteiger partial charge in [-0.05, 0) is 37.7 Å². The first-order chi connectivity index (χ1) is 11.5. The Morgan fingerprint density at radius 1 is 1.29 bits per heavy atom. The number of rotatable bonds is 3. The van der Waals surface area contributed by atoms with Crippen LogP contribution in [0.2, 0.25) is 0 Å². The van der Waals surface area contributed by atoms with Gasteiger partial charge in [0.05, 0.1) is 22.7 Å². The highest BCUT2D eigenvalue weighted by atomic mass is 16.5.